The van der Waals surface area contributed by atoms with Crippen LogP contribution in [-0.4, -0.2) is 12.3 Å². The standard InChI is InChI=1S/C14H10Cl2N2O2/c15-9-1-6-12(13(16)7-9)14(20)18-11-4-2-10(3-5-11)17-8-19/h1-8H,(H,17,19)(H,18,20). The molecule has 2 amide bonds. The summed E-state index contributed by atoms with van der Waals surface area (Å²) < 4.78 is 0. The molecule has 20 heavy (non-hydrogen) atoms. The average molecular weight is 309 g/mol. The first-order valence-corrected chi connectivity index (χ1v) is 6.42. The molecule has 0 saturated heterocycles. The van der Waals surface area contributed by atoms with Crippen LogP contribution in [0.25, 0.3) is 0 Å². The van der Waals surface area contributed by atoms with E-state index < -0.39 is 0 Å². The number of carbonyl (C=O) groups is 2. The lowest BCUT2D eigenvalue weighted by atomic mass is 10.2. The highest BCUT2D eigenvalue weighted by molar-refractivity contribution is 6.37. The molecule has 0 spiro atoms. The zero-order valence-electron chi connectivity index (χ0n) is 10.2. The molecule has 0 aliphatic heterocycles. The summed E-state index contributed by atoms with van der Waals surface area (Å²) in [5.74, 6) is -0.331. The van der Waals surface area contributed by atoms with Gasteiger partial charge in [-0.2, -0.15) is 0 Å². The van der Waals surface area contributed by atoms with E-state index in [4.69, 9.17) is 23.2 Å². The number of anilines is 2. The van der Waals surface area contributed by atoms with Gasteiger partial charge in [-0.1, -0.05) is 23.2 Å². The minimum absolute atomic E-state index is 0.286. The third-order valence-corrected chi connectivity index (χ3v) is 3.09. The van der Waals surface area contributed by atoms with Gasteiger partial charge in [0.25, 0.3) is 5.91 Å². The van der Waals surface area contributed by atoms with Crippen molar-refractivity contribution in [3.63, 3.8) is 0 Å². The Morgan fingerprint density at radius 2 is 1.65 bits per heavy atom. The van der Waals surface area contributed by atoms with Crippen LogP contribution >= 0.6 is 23.2 Å². The van der Waals surface area contributed by atoms with Crippen molar-refractivity contribution in [3.8, 4) is 0 Å². The van der Waals surface area contributed by atoms with Gasteiger partial charge in [0, 0.05) is 16.4 Å². The first kappa shape index (κ1) is 14.4. The molecule has 0 bridgehead atoms. The fourth-order valence-electron chi connectivity index (χ4n) is 1.59. The van der Waals surface area contributed by atoms with Crippen LogP contribution in [0.5, 0.6) is 0 Å². The van der Waals surface area contributed by atoms with Gasteiger partial charge in [-0.05, 0) is 42.5 Å². The van der Waals surface area contributed by atoms with Gasteiger partial charge in [0.05, 0.1) is 10.6 Å². The molecule has 2 rings (SSSR count). The summed E-state index contributed by atoms with van der Waals surface area (Å²) >= 11 is 11.7. The molecule has 102 valence electrons. The Labute approximate surface area is 125 Å². The second kappa shape index (κ2) is 6.41. The van der Waals surface area contributed by atoms with E-state index in [-0.39, 0.29) is 10.9 Å². The van der Waals surface area contributed by atoms with Gasteiger partial charge in [0.1, 0.15) is 0 Å². The summed E-state index contributed by atoms with van der Waals surface area (Å²) in [6.45, 7) is 0. The molecule has 0 saturated carbocycles. The second-order valence-electron chi connectivity index (χ2n) is 3.92. The number of halogens is 2. The maximum absolute atomic E-state index is 12.0. The van der Waals surface area contributed by atoms with Crippen LogP contribution in [0.4, 0.5) is 11.4 Å². The first-order chi connectivity index (χ1) is 9.60. The van der Waals surface area contributed by atoms with E-state index in [9.17, 15) is 9.59 Å². The minimum atomic E-state index is -0.331. The summed E-state index contributed by atoms with van der Waals surface area (Å²) in [6, 6.07) is 11.4. The summed E-state index contributed by atoms with van der Waals surface area (Å²) in [4.78, 5) is 22.3. The summed E-state index contributed by atoms with van der Waals surface area (Å²) in [7, 11) is 0. The van der Waals surface area contributed by atoms with Crippen LogP contribution in [0.15, 0.2) is 42.5 Å². The van der Waals surface area contributed by atoms with E-state index >= 15 is 0 Å². The van der Waals surface area contributed by atoms with Crippen LogP contribution < -0.4 is 10.6 Å². The molecule has 0 radical (unpaired) electrons. The van der Waals surface area contributed by atoms with Crippen molar-refractivity contribution in [2.45, 2.75) is 0 Å². The Kier molecular flexibility index (Phi) is 4.61. The molecule has 2 N–H and O–H groups in total. The normalized spacial score (nSPS) is 9.90. The number of amides is 2. The van der Waals surface area contributed by atoms with Crippen LogP contribution in [0.3, 0.4) is 0 Å². The van der Waals surface area contributed by atoms with Crippen molar-refractivity contribution in [1.29, 1.82) is 0 Å². The number of nitrogens with one attached hydrogen (secondary N) is 2. The van der Waals surface area contributed by atoms with E-state index in [0.717, 1.165) is 0 Å². The largest absolute Gasteiger partial charge is 0.329 e. The molecule has 0 heterocycles. The van der Waals surface area contributed by atoms with Crippen LogP contribution in [0.1, 0.15) is 10.4 Å². The number of hydrogen-bond donors (Lipinski definition) is 2. The van der Waals surface area contributed by atoms with E-state index in [0.29, 0.717) is 28.4 Å². The number of hydrogen-bond acceptors (Lipinski definition) is 2. The van der Waals surface area contributed by atoms with E-state index in [2.05, 4.69) is 10.6 Å². The second-order valence-corrected chi connectivity index (χ2v) is 4.76. The van der Waals surface area contributed by atoms with Gasteiger partial charge in [-0.15, -0.1) is 0 Å². The molecule has 4 nitrogen and oxygen atoms in total. The van der Waals surface area contributed by atoms with Gasteiger partial charge in [0.15, 0.2) is 0 Å². The third kappa shape index (κ3) is 3.50. The minimum Gasteiger partial charge on any atom is -0.329 e. The maximum atomic E-state index is 12.0. The smallest absolute Gasteiger partial charge is 0.257 e. The van der Waals surface area contributed by atoms with E-state index in [1.54, 1.807) is 36.4 Å². The van der Waals surface area contributed by atoms with Gasteiger partial charge in [-0.3, -0.25) is 9.59 Å². The molecular weight excluding hydrogens is 299 g/mol. The molecule has 0 aliphatic rings. The Morgan fingerprint density at radius 3 is 2.25 bits per heavy atom. The van der Waals surface area contributed by atoms with Crippen molar-refractivity contribution in [3.05, 3.63) is 58.1 Å². The molecule has 0 aliphatic carbocycles. The van der Waals surface area contributed by atoms with Crippen molar-refractivity contribution < 1.29 is 9.59 Å². The highest BCUT2D eigenvalue weighted by Gasteiger charge is 2.10. The fourth-order valence-corrected chi connectivity index (χ4v) is 2.08. The Bertz CT molecular complexity index is 642. The molecule has 2 aromatic carbocycles. The molecule has 0 aromatic heterocycles. The van der Waals surface area contributed by atoms with Crippen LogP contribution in [0, 0.1) is 0 Å². The van der Waals surface area contributed by atoms with Crippen LogP contribution in [0.2, 0.25) is 10.0 Å². The molecule has 0 fully saturated rings. The quantitative estimate of drug-likeness (QED) is 0.844. The van der Waals surface area contributed by atoms with Crippen molar-refractivity contribution >= 4 is 46.9 Å². The molecule has 6 heteroatoms. The monoisotopic (exact) mass is 308 g/mol. The lowest BCUT2D eigenvalue weighted by Crippen LogP contribution is -2.12. The average Bonchev–Trinajstić information content (AvgIpc) is 2.41. The summed E-state index contributed by atoms with van der Waals surface area (Å²) in [6.07, 6.45) is 0.584. The Morgan fingerprint density at radius 1 is 1.00 bits per heavy atom. The zero-order chi connectivity index (χ0) is 14.5. The number of carbonyl (C=O) groups excluding carboxylic acids is 2. The molecule has 2 aromatic rings. The van der Waals surface area contributed by atoms with Crippen molar-refractivity contribution in [1.82, 2.24) is 0 Å². The van der Waals surface area contributed by atoms with Crippen molar-refractivity contribution in [2.24, 2.45) is 0 Å². The predicted molar refractivity (Wildman–Crippen MR) is 80.5 cm³/mol. The topological polar surface area (TPSA) is 58.2 Å². The van der Waals surface area contributed by atoms with E-state index in [1.165, 1.54) is 6.07 Å². The zero-order valence-corrected chi connectivity index (χ0v) is 11.7. The van der Waals surface area contributed by atoms with Crippen LogP contribution in [-0.2, 0) is 4.79 Å². The maximum Gasteiger partial charge on any atom is 0.257 e. The van der Waals surface area contributed by atoms with Gasteiger partial charge < -0.3 is 10.6 Å². The van der Waals surface area contributed by atoms with Gasteiger partial charge >= 0.3 is 0 Å². The first-order valence-electron chi connectivity index (χ1n) is 5.67. The fraction of sp³-hybridized carbons (Fsp3) is 0. The predicted octanol–water partition coefficient (Wildman–Crippen LogP) is 3.81. The molecular formula is C14H10Cl2N2O2. The van der Waals surface area contributed by atoms with Gasteiger partial charge in [-0.25, -0.2) is 0 Å². The lowest BCUT2D eigenvalue weighted by Gasteiger charge is -2.07. The molecule has 0 unspecified atom stereocenters. The number of rotatable bonds is 4. The summed E-state index contributed by atoms with van der Waals surface area (Å²) in [5, 5.41) is 5.97. The Balaban J connectivity index is 2.12. The SMILES string of the molecule is O=CNc1ccc(NC(=O)c2ccc(Cl)cc2Cl)cc1. The van der Waals surface area contributed by atoms with Gasteiger partial charge in [0.2, 0.25) is 6.41 Å². The third-order valence-electron chi connectivity index (χ3n) is 2.54. The Hall–Kier alpha value is -2.04. The lowest BCUT2D eigenvalue weighted by molar-refractivity contribution is -0.105. The molecule has 0 atom stereocenters. The summed E-state index contributed by atoms with van der Waals surface area (Å²) in [5.41, 5.74) is 1.58. The number of benzene rings is 2. The van der Waals surface area contributed by atoms with Crippen molar-refractivity contribution in [2.75, 3.05) is 10.6 Å². The highest BCUT2D eigenvalue weighted by Crippen LogP contribution is 2.22. The van der Waals surface area contributed by atoms with E-state index in [1.807, 2.05) is 0 Å². The highest BCUT2D eigenvalue weighted by atomic mass is 35.5.